The number of nitrogens with zero attached hydrogens (tertiary/aromatic N) is 2. The largest absolute Gasteiger partial charge is 0.573 e. The zero-order valence-corrected chi connectivity index (χ0v) is 11.1. The van der Waals surface area contributed by atoms with Crippen LogP contribution in [0.3, 0.4) is 0 Å². The molecule has 2 aromatic rings. The van der Waals surface area contributed by atoms with Crippen LogP contribution in [0.4, 0.5) is 13.2 Å². The van der Waals surface area contributed by atoms with E-state index in [2.05, 4.69) is 9.72 Å². The van der Waals surface area contributed by atoms with Crippen LogP contribution in [0.15, 0.2) is 29.3 Å². The van der Waals surface area contributed by atoms with E-state index in [1.807, 2.05) is 0 Å². The molecule has 1 aromatic heterocycles. The van der Waals surface area contributed by atoms with Gasteiger partial charge < -0.3 is 9.84 Å². The van der Waals surface area contributed by atoms with Crippen LogP contribution in [0, 0.1) is 0 Å². The van der Waals surface area contributed by atoms with Crippen molar-refractivity contribution < 1.29 is 23.0 Å². The van der Waals surface area contributed by atoms with E-state index in [-0.39, 0.29) is 23.6 Å². The number of aromatic nitrogens is 2. The van der Waals surface area contributed by atoms with Gasteiger partial charge in [-0.15, -0.1) is 13.2 Å². The van der Waals surface area contributed by atoms with Gasteiger partial charge in [-0.2, -0.15) is 0 Å². The van der Waals surface area contributed by atoms with Crippen molar-refractivity contribution >= 4 is 10.9 Å². The van der Waals surface area contributed by atoms with E-state index in [1.54, 1.807) is 6.92 Å². The molecule has 5 nitrogen and oxygen atoms in total. The predicted octanol–water partition coefficient (Wildman–Crippen LogP) is 2.24. The summed E-state index contributed by atoms with van der Waals surface area (Å²) in [6, 6.07) is 3.09. The van der Waals surface area contributed by atoms with Crippen molar-refractivity contribution in [3.63, 3.8) is 0 Å². The molecule has 1 heterocycles. The van der Waals surface area contributed by atoms with Crippen LogP contribution in [0.1, 0.15) is 19.4 Å². The molecule has 1 aromatic carbocycles. The Morgan fingerprint density at radius 3 is 2.76 bits per heavy atom. The second kappa shape index (κ2) is 5.72. The molecule has 1 atom stereocenters. The van der Waals surface area contributed by atoms with Crippen LogP contribution >= 0.6 is 0 Å². The molecule has 0 aliphatic carbocycles. The third kappa shape index (κ3) is 3.52. The zero-order chi connectivity index (χ0) is 15.6. The molecule has 2 rings (SSSR count). The quantitative estimate of drug-likeness (QED) is 0.940. The fourth-order valence-corrected chi connectivity index (χ4v) is 1.95. The van der Waals surface area contributed by atoms with Crippen LogP contribution in [0.2, 0.25) is 0 Å². The van der Waals surface area contributed by atoms with E-state index < -0.39 is 17.7 Å². The maximum atomic E-state index is 12.3. The summed E-state index contributed by atoms with van der Waals surface area (Å²) in [5.74, 6) is -0.471. The minimum absolute atomic E-state index is 0.0315. The van der Waals surface area contributed by atoms with E-state index in [0.29, 0.717) is 6.42 Å². The maximum absolute atomic E-state index is 12.3. The normalized spacial score (nSPS) is 13.4. The molecule has 8 heteroatoms. The van der Waals surface area contributed by atoms with Gasteiger partial charge in [0.15, 0.2) is 0 Å². The Morgan fingerprint density at radius 2 is 2.14 bits per heavy atom. The number of benzene rings is 1. The number of ether oxygens (including phenoxy) is 1. The van der Waals surface area contributed by atoms with Gasteiger partial charge in [0.25, 0.3) is 5.56 Å². The van der Waals surface area contributed by atoms with Crippen molar-refractivity contribution in [3.05, 3.63) is 34.9 Å². The van der Waals surface area contributed by atoms with Gasteiger partial charge in [-0.05, 0) is 31.5 Å². The number of halogens is 3. The van der Waals surface area contributed by atoms with Gasteiger partial charge in [0.1, 0.15) is 5.75 Å². The first-order chi connectivity index (χ1) is 9.81. The van der Waals surface area contributed by atoms with Crippen LogP contribution in [0.5, 0.6) is 5.75 Å². The van der Waals surface area contributed by atoms with Gasteiger partial charge in [-0.25, -0.2) is 4.98 Å². The Kier molecular flexibility index (Phi) is 4.17. The highest BCUT2D eigenvalue weighted by Crippen LogP contribution is 2.24. The molecule has 0 spiro atoms. The van der Waals surface area contributed by atoms with Gasteiger partial charge in [0, 0.05) is 12.6 Å². The van der Waals surface area contributed by atoms with Crippen molar-refractivity contribution in [1.29, 1.82) is 0 Å². The van der Waals surface area contributed by atoms with Crippen molar-refractivity contribution in [2.45, 2.75) is 25.7 Å². The van der Waals surface area contributed by atoms with E-state index in [0.717, 1.165) is 12.1 Å². The highest BCUT2D eigenvalue weighted by molar-refractivity contribution is 5.78. The van der Waals surface area contributed by atoms with Crippen LogP contribution in [-0.4, -0.2) is 27.6 Å². The average molecular weight is 302 g/mol. The molecule has 21 heavy (non-hydrogen) atoms. The number of alkyl halides is 3. The van der Waals surface area contributed by atoms with E-state index in [9.17, 15) is 18.0 Å². The number of hydrogen-bond donors (Lipinski definition) is 1. The molecular formula is C13H13F3N2O3. The summed E-state index contributed by atoms with van der Waals surface area (Å²) >= 11 is 0. The molecule has 114 valence electrons. The molecule has 1 N–H and O–H groups in total. The van der Waals surface area contributed by atoms with E-state index >= 15 is 0 Å². The Balaban J connectivity index is 2.49. The highest BCUT2D eigenvalue weighted by atomic mass is 19.4. The predicted molar refractivity (Wildman–Crippen MR) is 69.1 cm³/mol. The lowest BCUT2D eigenvalue weighted by Crippen LogP contribution is -2.24. The van der Waals surface area contributed by atoms with Crippen molar-refractivity contribution in [2.75, 3.05) is 6.61 Å². The fourth-order valence-electron chi connectivity index (χ4n) is 1.95. The average Bonchev–Trinajstić information content (AvgIpc) is 2.38. The van der Waals surface area contributed by atoms with Gasteiger partial charge in [-0.1, -0.05) is 0 Å². The third-order valence-corrected chi connectivity index (χ3v) is 3.01. The number of rotatable bonds is 4. The number of hydrogen-bond acceptors (Lipinski definition) is 4. The lowest BCUT2D eigenvalue weighted by Gasteiger charge is -2.14. The number of fused-ring (bicyclic) bond motifs is 1. The molecule has 0 radical (unpaired) electrons. The molecule has 0 amide bonds. The summed E-state index contributed by atoms with van der Waals surface area (Å²) < 4.78 is 41.7. The molecular weight excluding hydrogens is 289 g/mol. The highest BCUT2D eigenvalue weighted by Gasteiger charge is 2.31. The molecule has 0 unspecified atom stereocenters. The molecule has 0 aliphatic rings. The van der Waals surface area contributed by atoms with Gasteiger partial charge in [-0.3, -0.25) is 9.36 Å². The summed E-state index contributed by atoms with van der Waals surface area (Å²) in [5, 5.41) is 8.92. The second-order valence-corrected chi connectivity index (χ2v) is 4.55. The summed E-state index contributed by atoms with van der Waals surface area (Å²) in [6.07, 6.45) is -3.17. The van der Waals surface area contributed by atoms with Gasteiger partial charge in [0.05, 0.1) is 17.2 Å². The van der Waals surface area contributed by atoms with Crippen molar-refractivity contribution in [2.24, 2.45) is 0 Å². The summed E-state index contributed by atoms with van der Waals surface area (Å²) in [4.78, 5) is 16.3. The second-order valence-electron chi connectivity index (χ2n) is 4.55. The molecule has 0 saturated carbocycles. The minimum Gasteiger partial charge on any atom is -0.406 e. The Morgan fingerprint density at radius 1 is 1.43 bits per heavy atom. The smallest absolute Gasteiger partial charge is 0.406 e. The van der Waals surface area contributed by atoms with Crippen molar-refractivity contribution in [1.82, 2.24) is 9.55 Å². The first-order valence-corrected chi connectivity index (χ1v) is 6.19. The number of aliphatic hydroxyl groups excluding tert-OH is 1. The minimum atomic E-state index is -4.82. The zero-order valence-electron chi connectivity index (χ0n) is 11.1. The Labute approximate surface area is 117 Å². The lowest BCUT2D eigenvalue weighted by molar-refractivity contribution is -0.274. The summed E-state index contributed by atoms with van der Waals surface area (Å²) in [6.45, 7) is 1.60. The first kappa shape index (κ1) is 15.3. The van der Waals surface area contributed by atoms with Gasteiger partial charge >= 0.3 is 6.36 Å². The van der Waals surface area contributed by atoms with Crippen molar-refractivity contribution in [3.8, 4) is 5.75 Å². The summed E-state index contributed by atoms with van der Waals surface area (Å²) in [7, 11) is 0. The van der Waals surface area contributed by atoms with Crippen LogP contribution in [0.25, 0.3) is 10.9 Å². The fraction of sp³-hybridized carbons (Fsp3) is 0.385. The first-order valence-electron chi connectivity index (χ1n) is 6.19. The Bertz CT molecular complexity index is 697. The molecule has 0 saturated heterocycles. The number of aliphatic hydroxyl groups is 1. The molecule has 0 bridgehead atoms. The SMILES string of the molecule is C[C@H](CCO)n1cnc2ccc(OC(F)(F)F)cc2c1=O. The lowest BCUT2D eigenvalue weighted by atomic mass is 10.2. The van der Waals surface area contributed by atoms with E-state index in [1.165, 1.54) is 17.0 Å². The summed E-state index contributed by atoms with van der Waals surface area (Å²) in [5.41, 5.74) is -0.199. The van der Waals surface area contributed by atoms with Crippen LogP contribution in [-0.2, 0) is 0 Å². The standard InChI is InChI=1S/C13H13F3N2O3/c1-8(4-5-19)18-7-17-11-3-2-9(21-13(14,15)16)6-10(11)12(18)20/h2-3,6-8,19H,4-5H2,1H3/t8-/m1/s1. The molecule has 0 aliphatic heterocycles. The van der Waals surface area contributed by atoms with Gasteiger partial charge in [0.2, 0.25) is 0 Å². The Hall–Kier alpha value is -2.09. The molecule has 0 fully saturated rings. The third-order valence-electron chi connectivity index (χ3n) is 3.01. The monoisotopic (exact) mass is 302 g/mol. The maximum Gasteiger partial charge on any atom is 0.573 e. The van der Waals surface area contributed by atoms with E-state index in [4.69, 9.17) is 5.11 Å². The topological polar surface area (TPSA) is 64.3 Å². The van der Waals surface area contributed by atoms with Crippen LogP contribution < -0.4 is 10.3 Å².